The van der Waals surface area contributed by atoms with Gasteiger partial charge in [0.15, 0.2) is 6.10 Å². The second kappa shape index (κ2) is 7.99. The number of rotatable bonds is 6. The molecule has 0 aromatic rings. The van der Waals surface area contributed by atoms with Gasteiger partial charge in [-0.05, 0) is 25.7 Å². The van der Waals surface area contributed by atoms with Gasteiger partial charge in [-0.15, -0.1) is 0 Å². The number of aliphatic carboxylic acids is 1. The van der Waals surface area contributed by atoms with Gasteiger partial charge in [-0.2, -0.15) is 0 Å². The lowest BCUT2D eigenvalue weighted by Crippen LogP contribution is -2.45. The number of aliphatic hydroxyl groups is 1. The van der Waals surface area contributed by atoms with E-state index in [2.05, 4.69) is 10.6 Å². The van der Waals surface area contributed by atoms with E-state index in [1.54, 1.807) is 0 Å². The molecule has 0 bridgehead atoms. The molecule has 0 heterocycles. The third-order valence-electron chi connectivity index (χ3n) is 3.70. The Hall–Kier alpha value is -1.30. The Labute approximate surface area is 113 Å². The van der Waals surface area contributed by atoms with Crippen LogP contribution in [0, 0.1) is 5.92 Å². The van der Waals surface area contributed by atoms with Crippen molar-refractivity contribution in [3.8, 4) is 0 Å². The van der Waals surface area contributed by atoms with Crippen LogP contribution in [0.1, 0.15) is 45.4 Å². The molecular weight excluding hydrogens is 248 g/mol. The lowest BCUT2D eigenvalue weighted by atomic mass is 9.85. The summed E-state index contributed by atoms with van der Waals surface area (Å²) in [7, 11) is 0. The van der Waals surface area contributed by atoms with Crippen molar-refractivity contribution in [2.45, 2.75) is 57.6 Å². The van der Waals surface area contributed by atoms with E-state index in [-0.39, 0.29) is 25.0 Å². The zero-order chi connectivity index (χ0) is 14.3. The van der Waals surface area contributed by atoms with Crippen molar-refractivity contribution < 1.29 is 19.8 Å². The van der Waals surface area contributed by atoms with Crippen molar-refractivity contribution >= 4 is 12.0 Å². The molecule has 1 unspecified atom stereocenters. The molecule has 6 heteroatoms. The standard InChI is InChI=1S/C13H24N2O4/c1-9(10-5-3-2-4-6-10)15-13(19)14-8-7-11(16)12(17)18/h9-11,16H,2-8H2,1H3,(H,17,18)(H2,14,15,19)/t9?,11-/m0/s1. The van der Waals surface area contributed by atoms with Gasteiger partial charge in [-0.3, -0.25) is 0 Å². The van der Waals surface area contributed by atoms with Crippen LogP contribution in [0.3, 0.4) is 0 Å². The zero-order valence-electron chi connectivity index (χ0n) is 11.4. The van der Waals surface area contributed by atoms with Crippen molar-refractivity contribution in [3.05, 3.63) is 0 Å². The molecule has 0 aliphatic heterocycles. The van der Waals surface area contributed by atoms with Crippen LogP contribution in [-0.2, 0) is 4.79 Å². The van der Waals surface area contributed by atoms with Crippen molar-refractivity contribution in [2.75, 3.05) is 6.54 Å². The molecule has 1 fully saturated rings. The number of hydrogen-bond donors (Lipinski definition) is 4. The summed E-state index contributed by atoms with van der Waals surface area (Å²) in [5, 5.41) is 23.0. The summed E-state index contributed by atoms with van der Waals surface area (Å²) >= 11 is 0. The Morgan fingerprint density at radius 2 is 1.89 bits per heavy atom. The average molecular weight is 272 g/mol. The number of hydrogen-bond acceptors (Lipinski definition) is 3. The minimum Gasteiger partial charge on any atom is -0.479 e. The highest BCUT2D eigenvalue weighted by Crippen LogP contribution is 2.26. The minimum absolute atomic E-state index is 0.0144. The molecule has 2 amide bonds. The lowest BCUT2D eigenvalue weighted by molar-refractivity contribution is -0.146. The van der Waals surface area contributed by atoms with E-state index in [1.165, 1.54) is 19.3 Å². The second-order valence-corrected chi connectivity index (χ2v) is 5.23. The molecule has 6 nitrogen and oxygen atoms in total. The number of carboxylic acids is 1. The van der Waals surface area contributed by atoms with Gasteiger partial charge in [0.05, 0.1) is 0 Å². The second-order valence-electron chi connectivity index (χ2n) is 5.23. The Balaban J connectivity index is 2.17. The number of amides is 2. The summed E-state index contributed by atoms with van der Waals surface area (Å²) in [6.07, 6.45) is 4.63. The normalized spacial score (nSPS) is 19.5. The summed E-state index contributed by atoms with van der Waals surface area (Å²) in [5.74, 6) is -0.734. The topological polar surface area (TPSA) is 98.7 Å². The van der Waals surface area contributed by atoms with Crippen molar-refractivity contribution in [3.63, 3.8) is 0 Å². The molecule has 0 aromatic heterocycles. The minimum atomic E-state index is -1.42. The van der Waals surface area contributed by atoms with E-state index >= 15 is 0 Å². The number of carboxylic acid groups (broad SMARTS) is 1. The first-order valence-corrected chi connectivity index (χ1v) is 6.96. The molecule has 0 saturated heterocycles. The highest BCUT2D eigenvalue weighted by Gasteiger charge is 2.21. The Kier molecular flexibility index (Phi) is 6.62. The smallest absolute Gasteiger partial charge is 0.332 e. The summed E-state index contributed by atoms with van der Waals surface area (Å²) in [4.78, 5) is 22.0. The Morgan fingerprint density at radius 3 is 2.47 bits per heavy atom. The van der Waals surface area contributed by atoms with E-state index in [0.717, 1.165) is 12.8 Å². The highest BCUT2D eigenvalue weighted by molar-refractivity contribution is 5.74. The summed E-state index contributed by atoms with van der Waals surface area (Å²) in [6.45, 7) is 2.15. The van der Waals surface area contributed by atoms with E-state index in [4.69, 9.17) is 10.2 Å². The van der Waals surface area contributed by atoms with Crippen LogP contribution in [0.4, 0.5) is 4.79 Å². The van der Waals surface area contributed by atoms with Gasteiger partial charge in [0.1, 0.15) is 0 Å². The van der Waals surface area contributed by atoms with Gasteiger partial charge in [0, 0.05) is 19.0 Å². The first kappa shape index (κ1) is 15.8. The molecule has 1 saturated carbocycles. The van der Waals surface area contributed by atoms with E-state index in [9.17, 15) is 9.59 Å². The van der Waals surface area contributed by atoms with Crippen LogP contribution in [-0.4, -0.2) is 40.9 Å². The molecular formula is C13H24N2O4. The fourth-order valence-electron chi connectivity index (χ4n) is 2.46. The fraction of sp³-hybridized carbons (Fsp3) is 0.846. The van der Waals surface area contributed by atoms with E-state index < -0.39 is 12.1 Å². The third kappa shape index (κ3) is 5.92. The maximum atomic E-state index is 11.6. The quantitative estimate of drug-likeness (QED) is 0.581. The van der Waals surface area contributed by atoms with Gasteiger partial charge in [0.2, 0.25) is 0 Å². The maximum Gasteiger partial charge on any atom is 0.332 e. The van der Waals surface area contributed by atoms with Crippen molar-refractivity contribution in [1.82, 2.24) is 10.6 Å². The van der Waals surface area contributed by atoms with Crippen LogP contribution in [0.5, 0.6) is 0 Å². The predicted molar refractivity (Wildman–Crippen MR) is 70.8 cm³/mol. The molecule has 0 spiro atoms. The van der Waals surface area contributed by atoms with Crippen LogP contribution >= 0.6 is 0 Å². The molecule has 19 heavy (non-hydrogen) atoms. The largest absolute Gasteiger partial charge is 0.479 e. The molecule has 1 aliphatic carbocycles. The van der Waals surface area contributed by atoms with Gasteiger partial charge in [-0.1, -0.05) is 19.3 Å². The summed E-state index contributed by atoms with van der Waals surface area (Å²) in [5.41, 5.74) is 0. The van der Waals surface area contributed by atoms with Gasteiger partial charge < -0.3 is 20.8 Å². The molecule has 110 valence electrons. The van der Waals surface area contributed by atoms with E-state index in [1.807, 2.05) is 6.92 Å². The van der Waals surface area contributed by atoms with Crippen LogP contribution in [0.25, 0.3) is 0 Å². The van der Waals surface area contributed by atoms with E-state index in [0.29, 0.717) is 5.92 Å². The first-order chi connectivity index (χ1) is 9.00. The molecule has 0 aromatic carbocycles. The predicted octanol–water partition coefficient (Wildman–Crippen LogP) is 1.09. The van der Waals surface area contributed by atoms with Crippen molar-refractivity contribution in [2.24, 2.45) is 5.92 Å². The van der Waals surface area contributed by atoms with Gasteiger partial charge in [0.25, 0.3) is 0 Å². The highest BCUT2D eigenvalue weighted by atomic mass is 16.4. The Bertz CT molecular complexity index is 303. The monoisotopic (exact) mass is 272 g/mol. The molecule has 0 radical (unpaired) electrons. The van der Waals surface area contributed by atoms with Crippen LogP contribution < -0.4 is 10.6 Å². The third-order valence-corrected chi connectivity index (χ3v) is 3.70. The van der Waals surface area contributed by atoms with Crippen LogP contribution in [0.15, 0.2) is 0 Å². The number of aliphatic hydroxyl groups excluding tert-OH is 1. The fourth-order valence-corrected chi connectivity index (χ4v) is 2.46. The average Bonchev–Trinajstić information content (AvgIpc) is 2.39. The Morgan fingerprint density at radius 1 is 1.26 bits per heavy atom. The molecule has 1 rings (SSSR count). The number of carbonyl (C=O) groups is 2. The lowest BCUT2D eigenvalue weighted by Gasteiger charge is -2.28. The number of carbonyl (C=O) groups excluding carboxylic acids is 1. The molecule has 4 N–H and O–H groups in total. The summed E-state index contributed by atoms with van der Waals surface area (Å²) < 4.78 is 0. The molecule has 1 aliphatic rings. The first-order valence-electron chi connectivity index (χ1n) is 6.96. The van der Waals surface area contributed by atoms with Crippen molar-refractivity contribution in [1.29, 1.82) is 0 Å². The number of urea groups is 1. The van der Waals surface area contributed by atoms with Gasteiger partial charge in [-0.25, -0.2) is 9.59 Å². The van der Waals surface area contributed by atoms with Gasteiger partial charge >= 0.3 is 12.0 Å². The zero-order valence-corrected chi connectivity index (χ0v) is 11.4. The maximum absolute atomic E-state index is 11.6. The van der Waals surface area contributed by atoms with Crippen LogP contribution in [0.2, 0.25) is 0 Å². The number of nitrogens with one attached hydrogen (secondary N) is 2. The SMILES string of the molecule is CC(NC(=O)NCC[C@H](O)C(=O)O)C1CCCCC1. The molecule has 2 atom stereocenters. The summed E-state index contributed by atoms with van der Waals surface area (Å²) in [6, 6.07) is -0.166.